The van der Waals surface area contributed by atoms with Gasteiger partial charge < -0.3 is 0 Å². The third-order valence-electron chi connectivity index (χ3n) is 3.49. The number of hydrogen-bond acceptors (Lipinski definition) is 2. The van der Waals surface area contributed by atoms with Crippen molar-refractivity contribution in [3.63, 3.8) is 0 Å². The third kappa shape index (κ3) is 2.57. The first-order valence-corrected chi connectivity index (χ1v) is 6.43. The van der Waals surface area contributed by atoms with Crippen molar-refractivity contribution in [2.75, 3.05) is 0 Å². The van der Waals surface area contributed by atoms with Crippen LogP contribution in [0.5, 0.6) is 0 Å². The molecule has 2 aromatic carbocycles. The molecule has 2 aromatic rings. The van der Waals surface area contributed by atoms with Crippen LogP contribution >= 0.6 is 0 Å². The fraction of sp³-hybridized carbons (Fsp3) is 0.250. The van der Waals surface area contributed by atoms with Gasteiger partial charge in [-0.05, 0) is 43.5 Å². The van der Waals surface area contributed by atoms with Gasteiger partial charge in [0.2, 0.25) is 0 Å². The number of nitrogens with two attached hydrogens (primary N) is 1. The van der Waals surface area contributed by atoms with Crippen molar-refractivity contribution >= 4 is 0 Å². The SMILES string of the molecule is Cc1cc(C)c(C(NN)c2cccc(F)c2F)c(C)c1. The fourth-order valence-electron chi connectivity index (χ4n) is 2.72. The summed E-state index contributed by atoms with van der Waals surface area (Å²) in [4.78, 5) is 0. The highest BCUT2D eigenvalue weighted by Crippen LogP contribution is 2.30. The number of aryl methyl sites for hydroxylation is 3. The normalized spacial score (nSPS) is 12.5. The minimum absolute atomic E-state index is 0.211. The van der Waals surface area contributed by atoms with Gasteiger partial charge in [0.1, 0.15) is 0 Å². The molecule has 4 heteroatoms. The molecule has 1 unspecified atom stereocenters. The number of halogens is 2. The van der Waals surface area contributed by atoms with Crippen LogP contribution in [0.3, 0.4) is 0 Å². The summed E-state index contributed by atoms with van der Waals surface area (Å²) in [5, 5.41) is 0. The molecule has 20 heavy (non-hydrogen) atoms. The van der Waals surface area contributed by atoms with Crippen LogP contribution in [0, 0.1) is 32.4 Å². The molecule has 3 N–H and O–H groups in total. The van der Waals surface area contributed by atoms with Crippen LogP contribution in [-0.4, -0.2) is 0 Å². The molecule has 0 bridgehead atoms. The maximum atomic E-state index is 14.0. The van der Waals surface area contributed by atoms with Crippen LogP contribution in [0.1, 0.15) is 33.9 Å². The van der Waals surface area contributed by atoms with E-state index in [1.165, 1.54) is 6.07 Å². The third-order valence-corrected chi connectivity index (χ3v) is 3.49. The average Bonchev–Trinajstić information content (AvgIpc) is 2.37. The van der Waals surface area contributed by atoms with Crippen molar-refractivity contribution in [1.29, 1.82) is 0 Å². The van der Waals surface area contributed by atoms with E-state index in [9.17, 15) is 8.78 Å². The van der Waals surface area contributed by atoms with Crippen molar-refractivity contribution in [2.45, 2.75) is 26.8 Å². The van der Waals surface area contributed by atoms with E-state index in [0.29, 0.717) is 0 Å². The predicted molar refractivity (Wildman–Crippen MR) is 76.2 cm³/mol. The molecule has 0 saturated heterocycles. The summed E-state index contributed by atoms with van der Waals surface area (Å²) in [6, 6.07) is 7.56. The van der Waals surface area contributed by atoms with E-state index in [-0.39, 0.29) is 5.56 Å². The smallest absolute Gasteiger partial charge is 0.163 e. The van der Waals surface area contributed by atoms with E-state index in [4.69, 9.17) is 5.84 Å². The molecule has 0 aliphatic carbocycles. The monoisotopic (exact) mass is 276 g/mol. The summed E-state index contributed by atoms with van der Waals surface area (Å²) in [5.74, 6) is 3.86. The molecule has 106 valence electrons. The Morgan fingerprint density at radius 3 is 2.20 bits per heavy atom. The Hall–Kier alpha value is -1.78. The molecular formula is C16H18F2N2. The van der Waals surface area contributed by atoms with E-state index in [0.717, 1.165) is 28.3 Å². The number of hydrogen-bond donors (Lipinski definition) is 2. The molecule has 2 rings (SSSR count). The summed E-state index contributed by atoms with van der Waals surface area (Å²) in [7, 11) is 0. The first-order chi connectivity index (χ1) is 9.45. The molecule has 0 amide bonds. The number of nitrogens with one attached hydrogen (secondary N) is 1. The molecule has 0 heterocycles. The second-order valence-corrected chi connectivity index (χ2v) is 5.06. The Kier molecular flexibility index (Phi) is 4.16. The first-order valence-electron chi connectivity index (χ1n) is 6.43. The zero-order valence-corrected chi connectivity index (χ0v) is 11.8. The molecule has 0 saturated carbocycles. The van der Waals surface area contributed by atoms with Gasteiger partial charge in [-0.2, -0.15) is 0 Å². The maximum absolute atomic E-state index is 14.0. The van der Waals surface area contributed by atoms with Crippen LogP contribution in [0.15, 0.2) is 30.3 Å². The van der Waals surface area contributed by atoms with E-state index in [2.05, 4.69) is 5.43 Å². The topological polar surface area (TPSA) is 38.0 Å². The zero-order valence-electron chi connectivity index (χ0n) is 11.8. The summed E-state index contributed by atoms with van der Waals surface area (Å²) >= 11 is 0. The van der Waals surface area contributed by atoms with Crippen molar-refractivity contribution in [2.24, 2.45) is 5.84 Å². The zero-order chi connectivity index (χ0) is 14.9. The highest BCUT2D eigenvalue weighted by molar-refractivity contribution is 5.44. The molecule has 0 spiro atoms. The van der Waals surface area contributed by atoms with Gasteiger partial charge in [-0.25, -0.2) is 14.2 Å². The van der Waals surface area contributed by atoms with Gasteiger partial charge in [-0.1, -0.05) is 29.8 Å². The van der Waals surface area contributed by atoms with Crippen LogP contribution in [0.4, 0.5) is 8.78 Å². The second kappa shape index (κ2) is 5.69. The average molecular weight is 276 g/mol. The van der Waals surface area contributed by atoms with Gasteiger partial charge in [0.05, 0.1) is 6.04 Å². The van der Waals surface area contributed by atoms with Crippen LogP contribution in [0.2, 0.25) is 0 Å². The summed E-state index contributed by atoms with van der Waals surface area (Å²) in [6.45, 7) is 5.88. The predicted octanol–water partition coefficient (Wildman–Crippen LogP) is 3.44. The maximum Gasteiger partial charge on any atom is 0.163 e. The lowest BCUT2D eigenvalue weighted by Crippen LogP contribution is -2.31. The quantitative estimate of drug-likeness (QED) is 0.665. The Balaban J connectivity index is 2.62. The minimum Gasteiger partial charge on any atom is -0.271 e. The second-order valence-electron chi connectivity index (χ2n) is 5.06. The van der Waals surface area contributed by atoms with Crippen molar-refractivity contribution in [1.82, 2.24) is 5.43 Å². The van der Waals surface area contributed by atoms with E-state index >= 15 is 0 Å². The van der Waals surface area contributed by atoms with Gasteiger partial charge in [0.15, 0.2) is 11.6 Å². The Morgan fingerprint density at radius 1 is 1.05 bits per heavy atom. The number of hydrazine groups is 1. The summed E-state index contributed by atoms with van der Waals surface area (Å²) in [6.07, 6.45) is 0. The molecule has 0 aliphatic heterocycles. The highest BCUT2D eigenvalue weighted by atomic mass is 19.2. The lowest BCUT2D eigenvalue weighted by Gasteiger charge is -2.22. The lowest BCUT2D eigenvalue weighted by atomic mass is 9.90. The van der Waals surface area contributed by atoms with Crippen LogP contribution in [0.25, 0.3) is 0 Å². The molecule has 0 aromatic heterocycles. The molecule has 1 atom stereocenters. The van der Waals surface area contributed by atoms with Gasteiger partial charge in [0.25, 0.3) is 0 Å². The standard InChI is InChI=1S/C16H18F2N2/c1-9-7-10(2)14(11(3)8-9)16(20-19)12-5-4-6-13(17)15(12)18/h4-8,16,20H,19H2,1-3H3. The molecule has 0 fully saturated rings. The van der Waals surface area contributed by atoms with Crippen LogP contribution in [-0.2, 0) is 0 Å². The van der Waals surface area contributed by atoms with E-state index in [1.807, 2.05) is 32.9 Å². The number of benzene rings is 2. The molecule has 0 radical (unpaired) electrons. The Bertz CT molecular complexity index is 615. The van der Waals surface area contributed by atoms with Crippen molar-refractivity contribution in [3.8, 4) is 0 Å². The Labute approximate surface area is 117 Å². The van der Waals surface area contributed by atoms with Gasteiger partial charge >= 0.3 is 0 Å². The van der Waals surface area contributed by atoms with Gasteiger partial charge in [-0.15, -0.1) is 0 Å². The Morgan fingerprint density at radius 2 is 1.65 bits per heavy atom. The highest BCUT2D eigenvalue weighted by Gasteiger charge is 2.22. The lowest BCUT2D eigenvalue weighted by molar-refractivity contribution is 0.482. The van der Waals surface area contributed by atoms with E-state index in [1.54, 1.807) is 6.07 Å². The van der Waals surface area contributed by atoms with Crippen molar-refractivity contribution < 1.29 is 8.78 Å². The fourth-order valence-corrected chi connectivity index (χ4v) is 2.72. The van der Waals surface area contributed by atoms with Gasteiger partial charge in [0, 0.05) is 5.56 Å². The van der Waals surface area contributed by atoms with Crippen LogP contribution < -0.4 is 11.3 Å². The van der Waals surface area contributed by atoms with E-state index < -0.39 is 17.7 Å². The van der Waals surface area contributed by atoms with Gasteiger partial charge in [-0.3, -0.25) is 5.84 Å². The number of rotatable bonds is 3. The molecular weight excluding hydrogens is 258 g/mol. The largest absolute Gasteiger partial charge is 0.271 e. The molecule has 0 aliphatic rings. The summed E-state index contributed by atoms with van der Waals surface area (Å²) < 4.78 is 27.4. The molecule has 2 nitrogen and oxygen atoms in total. The summed E-state index contributed by atoms with van der Waals surface area (Å²) in [5.41, 5.74) is 6.80. The minimum atomic E-state index is -0.870. The first kappa shape index (κ1) is 14.6. The van der Waals surface area contributed by atoms with Crippen molar-refractivity contribution in [3.05, 3.63) is 69.8 Å².